The van der Waals surface area contributed by atoms with Crippen LogP contribution in [0.4, 0.5) is 0 Å². The Bertz CT molecular complexity index is 434. The fourth-order valence-corrected chi connectivity index (χ4v) is 4.83. The van der Waals surface area contributed by atoms with Crippen molar-refractivity contribution in [3.63, 3.8) is 0 Å². The van der Waals surface area contributed by atoms with Crippen LogP contribution in [0.25, 0.3) is 0 Å². The van der Waals surface area contributed by atoms with E-state index in [1.165, 1.54) is 0 Å². The SMILES string of the molecule is CCS(=O)C1CCCC(NC(=NC)NCCCOCC2CCOC2)C1.I. The average Bonchev–Trinajstić information content (AvgIpc) is 3.16. The summed E-state index contributed by atoms with van der Waals surface area (Å²) in [6.45, 7) is 6.16. The van der Waals surface area contributed by atoms with E-state index in [2.05, 4.69) is 15.6 Å². The number of aliphatic imine (C=N–C) groups is 1. The second kappa shape index (κ2) is 14.1. The Balaban J connectivity index is 0.00000338. The van der Waals surface area contributed by atoms with Crippen molar-refractivity contribution in [2.24, 2.45) is 10.9 Å². The van der Waals surface area contributed by atoms with E-state index in [0.717, 1.165) is 83.2 Å². The van der Waals surface area contributed by atoms with Gasteiger partial charge in [0.15, 0.2) is 5.96 Å². The number of guanidine groups is 1. The highest BCUT2D eigenvalue weighted by Crippen LogP contribution is 2.22. The molecule has 1 saturated carbocycles. The highest BCUT2D eigenvalue weighted by Gasteiger charge is 2.25. The van der Waals surface area contributed by atoms with Gasteiger partial charge in [-0.1, -0.05) is 13.3 Å². The first-order chi connectivity index (χ1) is 12.2. The van der Waals surface area contributed by atoms with Crippen LogP contribution < -0.4 is 10.6 Å². The molecular formula is C18H36IN3O3S. The van der Waals surface area contributed by atoms with Gasteiger partial charge in [0, 0.05) is 60.6 Å². The minimum Gasteiger partial charge on any atom is -0.381 e. The van der Waals surface area contributed by atoms with Gasteiger partial charge in [-0.25, -0.2) is 0 Å². The van der Waals surface area contributed by atoms with Crippen molar-refractivity contribution in [3.05, 3.63) is 0 Å². The smallest absolute Gasteiger partial charge is 0.191 e. The molecule has 0 bridgehead atoms. The van der Waals surface area contributed by atoms with Crippen molar-refractivity contribution >= 4 is 40.7 Å². The molecule has 0 amide bonds. The maximum Gasteiger partial charge on any atom is 0.191 e. The monoisotopic (exact) mass is 501 g/mol. The van der Waals surface area contributed by atoms with Crippen molar-refractivity contribution in [2.75, 3.05) is 45.8 Å². The summed E-state index contributed by atoms with van der Waals surface area (Å²) in [4.78, 5) is 4.31. The van der Waals surface area contributed by atoms with Crippen LogP contribution in [0.5, 0.6) is 0 Å². The third-order valence-electron chi connectivity index (χ3n) is 4.98. The molecule has 154 valence electrons. The summed E-state index contributed by atoms with van der Waals surface area (Å²) in [5.41, 5.74) is 0. The van der Waals surface area contributed by atoms with Crippen molar-refractivity contribution < 1.29 is 13.7 Å². The molecule has 2 fully saturated rings. The molecule has 6 nitrogen and oxygen atoms in total. The molecule has 4 unspecified atom stereocenters. The molecule has 1 aliphatic carbocycles. The number of halogens is 1. The minimum absolute atomic E-state index is 0. The van der Waals surface area contributed by atoms with Gasteiger partial charge < -0.3 is 20.1 Å². The number of hydrogen-bond acceptors (Lipinski definition) is 4. The molecule has 1 aliphatic heterocycles. The molecule has 1 heterocycles. The minimum atomic E-state index is -0.687. The molecule has 8 heteroatoms. The molecule has 2 rings (SSSR count). The van der Waals surface area contributed by atoms with E-state index in [-0.39, 0.29) is 24.0 Å². The second-order valence-electron chi connectivity index (χ2n) is 6.96. The Morgan fingerprint density at radius 2 is 2.19 bits per heavy atom. The summed E-state index contributed by atoms with van der Waals surface area (Å²) >= 11 is 0. The lowest BCUT2D eigenvalue weighted by Gasteiger charge is -2.30. The maximum atomic E-state index is 12.1. The second-order valence-corrected chi connectivity index (χ2v) is 8.96. The standard InChI is InChI=1S/C18H35N3O3S.HI/c1-3-25(22)17-7-4-6-16(12-17)21-18(19-2)20-9-5-10-23-13-15-8-11-24-14-15;/h15-17H,3-14H2,1-2H3,(H2,19,20,21);1H. The molecule has 4 atom stereocenters. The van der Waals surface area contributed by atoms with Crippen LogP contribution in [0.3, 0.4) is 0 Å². The summed E-state index contributed by atoms with van der Waals surface area (Å²) in [7, 11) is 1.11. The van der Waals surface area contributed by atoms with Gasteiger partial charge in [-0.2, -0.15) is 0 Å². The predicted molar refractivity (Wildman–Crippen MR) is 119 cm³/mol. The molecule has 0 aromatic heterocycles. The summed E-state index contributed by atoms with van der Waals surface area (Å²) in [6.07, 6.45) is 6.43. The molecule has 26 heavy (non-hydrogen) atoms. The third-order valence-corrected chi connectivity index (χ3v) is 6.72. The number of ether oxygens (including phenoxy) is 2. The molecule has 0 radical (unpaired) electrons. The normalized spacial score (nSPS) is 27.6. The van der Waals surface area contributed by atoms with Gasteiger partial charge in [-0.15, -0.1) is 24.0 Å². The predicted octanol–water partition coefficient (Wildman–Crippen LogP) is 2.29. The molecule has 0 aromatic carbocycles. The van der Waals surface area contributed by atoms with Crippen molar-refractivity contribution in [2.45, 2.75) is 56.7 Å². The van der Waals surface area contributed by atoms with E-state index in [9.17, 15) is 4.21 Å². The van der Waals surface area contributed by atoms with Crippen LogP contribution in [-0.4, -0.2) is 67.2 Å². The molecule has 2 aliphatic rings. The van der Waals surface area contributed by atoms with Gasteiger partial charge in [0.2, 0.25) is 0 Å². The largest absolute Gasteiger partial charge is 0.381 e. The van der Waals surface area contributed by atoms with Crippen LogP contribution >= 0.6 is 24.0 Å². The first-order valence-electron chi connectivity index (χ1n) is 9.72. The van der Waals surface area contributed by atoms with E-state index in [1.807, 2.05) is 6.92 Å². The zero-order chi connectivity index (χ0) is 17.9. The van der Waals surface area contributed by atoms with Crippen LogP contribution in [0.1, 0.15) is 45.4 Å². The van der Waals surface area contributed by atoms with Gasteiger partial charge >= 0.3 is 0 Å². The Morgan fingerprint density at radius 1 is 1.35 bits per heavy atom. The third kappa shape index (κ3) is 8.84. The summed E-state index contributed by atoms with van der Waals surface area (Å²) in [6, 6.07) is 0.374. The lowest BCUT2D eigenvalue weighted by Crippen LogP contribution is -2.46. The number of hydrogen-bond donors (Lipinski definition) is 2. The van der Waals surface area contributed by atoms with E-state index in [4.69, 9.17) is 9.47 Å². The van der Waals surface area contributed by atoms with Crippen LogP contribution in [-0.2, 0) is 20.3 Å². The summed E-state index contributed by atoms with van der Waals surface area (Å²) < 4.78 is 23.1. The van der Waals surface area contributed by atoms with Crippen molar-refractivity contribution in [1.29, 1.82) is 0 Å². The van der Waals surface area contributed by atoms with Gasteiger partial charge in [0.25, 0.3) is 0 Å². The zero-order valence-corrected chi connectivity index (χ0v) is 19.4. The topological polar surface area (TPSA) is 72.0 Å². The van der Waals surface area contributed by atoms with Crippen LogP contribution in [0, 0.1) is 5.92 Å². The van der Waals surface area contributed by atoms with E-state index in [1.54, 1.807) is 7.05 Å². The molecule has 1 saturated heterocycles. The first kappa shape index (κ1) is 24.1. The van der Waals surface area contributed by atoms with Gasteiger partial charge in [0.1, 0.15) is 0 Å². The fourth-order valence-electron chi connectivity index (χ4n) is 3.48. The highest BCUT2D eigenvalue weighted by molar-refractivity contribution is 14.0. The number of rotatable bonds is 9. The molecule has 2 N–H and O–H groups in total. The quantitative estimate of drug-likeness (QED) is 0.220. The van der Waals surface area contributed by atoms with E-state index >= 15 is 0 Å². The van der Waals surface area contributed by atoms with Crippen LogP contribution in [0.15, 0.2) is 4.99 Å². The van der Waals surface area contributed by atoms with Crippen molar-refractivity contribution in [3.8, 4) is 0 Å². The maximum absolute atomic E-state index is 12.1. The van der Waals surface area contributed by atoms with Gasteiger partial charge in [0.05, 0.1) is 13.2 Å². The van der Waals surface area contributed by atoms with E-state index < -0.39 is 10.8 Å². The van der Waals surface area contributed by atoms with E-state index in [0.29, 0.717) is 17.2 Å². The average molecular weight is 501 g/mol. The lowest BCUT2D eigenvalue weighted by molar-refractivity contribution is 0.0888. The molecule has 0 aromatic rings. The Kier molecular flexibility index (Phi) is 13.1. The summed E-state index contributed by atoms with van der Waals surface area (Å²) in [5, 5.41) is 7.19. The Morgan fingerprint density at radius 3 is 2.88 bits per heavy atom. The lowest BCUT2D eigenvalue weighted by atomic mass is 9.95. The van der Waals surface area contributed by atoms with Gasteiger partial charge in [-0.3, -0.25) is 9.20 Å². The number of nitrogens with zero attached hydrogens (tertiary/aromatic N) is 1. The molecule has 0 spiro atoms. The Labute approximate surface area is 178 Å². The zero-order valence-electron chi connectivity index (χ0n) is 16.2. The van der Waals surface area contributed by atoms with Crippen LogP contribution in [0.2, 0.25) is 0 Å². The fraction of sp³-hybridized carbons (Fsp3) is 0.944. The molecular weight excluding hydrogens is 465 g/mol. The summed E-state index contributed by atoms with van der Waals surface area (Å²) in [5.74, 6) is 2.18. The van der Waals surface area contributed by atoms with Crippen molar-refractivity contribution in [1.82, 2.24) is 10.6 Å². The highest BCUT2D eigenvalue weighted by atomic mass is 127. The number of nitrogens with one attached hydrogen (secondary N) is 2. The Hall–Kier alpha value is 0.0700. The van der Waals surface area contributed by atoms with Gasteiger partial charge in [-0.05, 0) is 32.1 Å². The first-order valence-corrected chi connectivity index (χ1v) is 11.1.